The molecule has 0 saturated carbocycles. The van der Waals surface area contributed by atoms with Crippen LogP contribution in [-0.2, 0) is 14.9 Å². The number of ether oxygens (including phenoxy) is 1. The van der Waals surface area contributed by atoms with Crippen molar-refractivity contribution in [3.8, 4) is 0 Å². The first kappa shape index (κ1) is 16.1. The van der Waals surface area contributed by atoms with E-state index in [-0.39, 0.29) is 11.9 Å². The molecule has 0 spiro atoms. The van der Waals surface area contributed by atoms with Crippen molar-refractivity contribution in [2.24, 2.45) is 0 Å². The van der Waals surface area contributed by atoms with Crippen LogP contribution < -0.4 is 0 Å². The molecule has 7 heteroatoms. The summed E-state index contributed by atoms with van der Waals surface area (Å²) in [4.78, 5) is 0. The summed E-state index contributed by atoms with van der Waals surface area (Å²) in [5.41, 5.74) is 0. The Morgan fingerprint density at radius 2 is 1.81 bits per heavy atom. The molecule has 0 N–H and O–H groups in total. The Hall–Kier alpha value is 0.120. The fourth-order valence-electron chi connectivity index (χ4n) is 1.35. The maximum absolute atomic E-state index is 12.0. The molecule has 98 valence electrons. The summed E-state index contributed by atoms with van der Waals surface area (Å²) in [6.45, 7) is 5.11. The van der Waals surface area contributed by atoms with Gasteiger partial charge in [-0.15, -0.1) is 11.6 Å². The Labute approximate surface area is 103 Å². The Bertz CT molecular complexity index is 280. The van der Waals surface area contributed by atoms with Crippen LogP contribution in [-0.4, -0.2) is 62.8 Å². The lowest BCUT2D eigenvalue weighted by Gasteiger charge is -2.26. The maximum atomic E-state index is 12.0. The molecule has 0 amide bonds. The van der Waals surface area contributed by atoms with Crippen LogP contribution in [0.15, 0.2) is 0 Å². The van der Waals surface area contributed by atoms with E-state index >= 15 is 0 Å². The Kier molecular flexibility index (Phi) is 7.50. The zero-order valence-electron chi connectivity index (χ0n) is 10.3. The van der Waals surface area contributed by atoms with E-state index in [1.807, 2.05) is 13.8 Å². The number of alkyl halides is 1. The maximum Gasteiger partial charge on any atom is 0.281 e. The van der Waals surface area contributed by atoms with Gasteiger partial charge >= 0.3 is 0 Å². The summed E-state index contributed by atoms with van der Waals surface area (Å²) in [5, 5.41) is -0.333. The number of rotatable bonds is 8. The molecule has 0 aliphatic rings. The first-order chi connectivity index (χ1) is 7.39. The molecule has 0 aromatic heterocycles. The van der Waals surface area contributed by atoms with Crippen LogP contribution in [0.1, 0.15) is 13.8 Å². The predicted octanol–water partition coefficient (Wildman–Crippen LogP) is 0.759. The highest BCUT2D eigenvalue weighted by atomic mass is 35.5. The minimum atomic E-state index is -3.39. The van der Waals surface area contributed by atoms with Gasteiger partial charge in [0.15, 0.2) is 0 Å². The number of hydrogen-bond acceptors (Lipinski definition) is 3. The Morgan fingerprint density at radius 1 is 1.31 bits per heavy atom. The van der Waals surface area contributed by atoms with Gasteiger partial charge in [0.05, 0.1) is 12.0 Å². The summed E-state index contributed by atoms with van der Waals surface area (Å²) < 4.78 is 31.5. The Balaban J connectivity index is 4.51. The highest BCUT2D eigenvalue weighted by Gasteiger charge is 2.25. The molecule has 1 atom stereocenters. The molecule has 5 nitrogen and oxygen atoms in total. The summed E-state index contributed by atoms with van der Waals surface area (Å²) in [7, 11) is -0.325. The predicted molar refractivity (Wildman–Crippen MR) is 66.0 cm³/mol. The van der Waals surface area contributed by atoms with E-state index in [0.29, 0.717) is 19.7 Å². The summed E-state index contributed by atoms with van der Waals surface area (Å²) >= 11 is 5.92. The smallest absolute Gasteiger partial charge is 0.281 e. The molecule has 0 aliphatic carbocycles. The monoisotopic (exact) mass is 272 g/mol. The molecule has 0 heterocycles. The van der Waals surface area contributed by atoms with Gasteiger partial charge in [-0.25, -0.2) is 0 Å². The van der Waals surface area contributed by atoms with E-state index in [1.165, 1.54) is 22.8 Å². The molecular weight excluding hydrogens is 252 g/mol. The van der Waals surface area contributed by atoms with E-state index in [9.17, 15) is 8.42 Å². The molecule has 0 aliphatic heterocycles. The van der Waals surface area contributed by atoms with Gasteiger partial charge in [-0.2, -0.15) is 17.0 Å². The van der Waals surface area contributed by atoms with Crippen LogP contribution in [0.25, 0.3) is 0 Å². The third-order valence-electron chi connectivity index (χ3n) is 2.23. The number of nitrogens with zero attached hydrogens (tertiary/aromatic N) is 2. The average Bonchev–Trinajstić information content (AvgIpc) is 2.19. The normalized spacial score (nSPS) is 14.7. The second-order valence-electron chi connectivity index (χ2n) is 3.43. The van der Waals surface area contributed by atoms with Crippen molar-refractivity contribution in [1.29, 1.82) is 0 Å². The van der Waals surface area contributed by atoms with E-state index in [1.54, 1.807) is 0 Å². The summed E-state index contributed by atoms with van der Waals surface area (Å²) in [6, 6.07) is 0. The topological polar surface area (TPSA) is 49.9 Å². The first-order valence-corrected chi connectivity index (χ1v) is 7.07. The van der Waals surface area contributed by atoms with Gasteiger partial charge in [0.25, 0.3) is 10.2 Å². The van der Waals surface area contributed by atoms with Gasteiger partial charge in [-0.3, -0.25) is 0 Å². The van der Waals surface area contributed by atoms with Crippen LogP contribution in [0.3, 0.4) is 0 Å². The number of methoxy groups -OCH3 is 1. The van der Waals surface area contributed by atoms with Crippen LogP contribution in [0, 0.1) is 0 Å². The second-order valence-corrected chi connectivity index (χ2v) is 6.08. The molecule has 0 aromatic carbocycles. The van der Waals surface area contributed by atoms with Crippen LogP contribution >= 0.6 is 11.6 Å². The van der Waals surface area contributed by atoms with Gasteiger partial charge in [0, 0.05) is 33.8 Å². The molecule has 0 radical (unpaired) electrons. The zero-order valence-corrected chi connectivity index (χ0v) is 11.9. The molecule has 0 aromatic rings. The van der Waals surface area contributed by atoms with Crippen molar-refractivity contribution in [3.63, 3.8) is 0 Å². The Morgan fingerprint density at radius 3 is 2.19 bits per heavy atom. The molecule has 1 unspecified atom stereocenters. The van der Waals surface area contributed by atoms with Crippen molar-refractivity contribution >= 4 is 21.8 Å². The quantitative estimate of drug-likeness (QED) is 0.613. The summed E-state index contributed by atoms with van der Waals surface area (Å²) in [6.07, 6.45) is 0. The SMILES string of the molecule is CCN(CC)S(=O)(=O)N(C)CC(Cl)COC. The van der Waals surface area contributed by atoms with Crippen molar-refractivity contribution in [2.75, 3.05) is 40.4 Å². The van der Waals surface area contributed by atoms with Crippen molar-refractivity contribution in [3.05, 3.63) is 0 Å². The van der Waals surface area contributed by atoms with E-state index < -0.39 is 10.2 Å². The van der Waals surface area contributed by atoms with Crippen molar-refractivity contribution in [1.82, 2.24) is 8.61 Å². The minimum absolute atomic E-state index is 0.244. The fraction of sp³-hybridized carbons (Fsp3) is 1.00. The highest BCUT2D eigenvalue weighted by Crippen LogP contribution is 2.08. The molecule has 0 fully saturated rings. The zero-order chi connectivity index (χ0) is 12.8. The first-order valence-electron chi connectivity index (χ1n) is 5.24. The van der Waals surface area contributed by atoms with E-state index in [2.05, 4.69) is 0 Å². The van der Waals surface area contributed by atoms with Gasteiger partial charge in [0.1, 0.15) is 0 Å². The van der Waals surface area contributed by atoms with Crippen LogP contribution in [0.5, 0.6) is 0 Å². The fourth-order valence-corrected chi connectivity index (χ4v) is 3.18. The van der Waals surface area contributed by atoms with Crippen LogP contribution in [0.4, 0.5) is 0 Å². The molecule has 0 rings (SSSR count). The average molecular weight is 273 g/mol. The largest absolute Gasteiger partial charge is 0.383 e. The lowest BCUT2D eigenvalue weighted by molar-refractivity contribution is 0.191. The van der Waals surface area contributed by atoms with Crippen molar-refractivity contribution in [2.45, 2.75) is 19.2 Å². The lowest BCUT2D eigenvalue weighted by Crippen LogP contribution is -2.44. The third-order valence-corrected chi connectivity index (χ3v) is 4.60. The van der Waals surface area contributed by atoms with Crippen molar-refractivity contribution < 1.29 is 13.2 Å². The second kappa shape index (κ2) is 7.45. The van der Waals surface area contributed by atoms with Gasteiger partial charge in [0.2, 0.25) is 0 Å². The lowest BCUT2D eigenvalue weighted by atomic mass is 10.4. The van der Waals surface area contributed by atoms with Gasteiger partial charge in [-0.05, 0) is 0 Å². The van der Waals surface area contributed by atoms with E-state index in [0.717, 1.165) is 0 Å². The van der Waals surface area contributed by atoms with Gasteiger partial charge < -0.3 is 4.74 Å². The summed E-state index contributed by atoms with van der Waals surface area (Å²) in [5.74, 6) is 0. The molecule has 0 bridgehead atoms. The molecular formula is C9H21ClN2O3S. The molecule has 16 heavy (non-hydrogen) atoms. The van der Waals surface area contributed by atoms with Gasteiger partial charge in [-0.1, -0.05) is 13.8 Å². The minimum Gasteiger partial charge on any atom is -0.383 e. The van der Waals surface area contributed by atoms with E-state index in [4.69, 9.17) is 16.3 Å². The number of hydrogen-bond donors (Lipinski definition) is 0. The standard InChI is InChI=1S/C9H21ClN2O3S/c1-5-12(6-2)16(13,14)11(3)7-9(10)8-15-4/h9H,5-8H2,1-4H3. The molecule has 0 saturated heterocycles. The highest BCUT2D eigenvalue weighted by molar-refractivity contribution is 7.86. The third kappa shape index (κ3) is 4.55. The van der Waals surface area contributed by atoms with Crippen LogP contribution in [0.2, 0.25) is 0 Å². The number of halogens is 1.